The van der Waals surface area contributed by atoms with Gasteiger partial charge < -0.3 is 10.1 Å². The van der Waals surface area contributed by atoms with Gasteiger partial charge in [-0.3, -0.25) is 0 Å². The van der Waals surface area contributed by atoms with E-state index in [9.17, 15) is 13.2 Å². The summed E-state index contributed by atoms with van der Waals surface area (Å²) in [6.07, 6.45) is -4.41. The normalized spacial score (nSPS) is 11.6. The Morgan fingerprint density at radius 2 is 2.05 bits per heavy atom. The van der Waals surface area contributed by atoms with Crippen LogP contribution in [-0.2, 0) is 10.9 Å². The van der Waals surface area contributed by atoms with Crippen molar-refractivity contribution in [3.8, 4) is 0 Å². The Morgan fingerprint density at radius 1 is 1.27 bits per heavy atom. The Kier molecular flexibility index (Phi) is 6.04. The van der Waals surface area contributed by atoms with Crippen LogP contribution in [0.4, 0.5) is 24.0 Å². The fourth-order valence-electron chi connectivity index (χ4n) is 1.61. The number of anilines is 2. The molecule has 0 radical (unpaired) electrons. The molecule has 0 spiro atoms. The number of halogens is 3. The summed E-state index contributed by atoms with van der Waals surface area (Å²) in [7, 11) is 0. The molecule has 2 rings (SSSR count). The predicted octanol–water partition coefficient (Wildman–Crippen LogP) is 4.43. The second kappa shape index (κ2) is 7.80. The fourth-order valence-corrected chi connectivity index (χ4v) is 3.29. The molecule has 22 heavy (non-hydrogen) atoms. The SMILES string of the molecule is CCOCCSc1nnc(Nc2ccccc2C(F)(F)F)s1. The van der Waals surface area contributed by atoms with E-state index in [2.05, 4.69) is 15.5 Å². The van der Waals surface area contributed by atoms with Crippen LogP contribution >= 0.6 is 23.1 Å². The number of nitrogens with zero attached hydrogens (tertiary/aromatic N) is 2. The Balaban J connectivity index is 2.02. The van der Waals surface area contributed by atoms with Crippen molar-refractivity contribution in [2.75, 3.05) is 24.3 Å². The summed E-state index contributed by atoms with van der Waals surface area (Å²) < 4.78 is 44.6. The molecule has 0 aliphatic rings. The molecule has 0 saturated heterocycles. The Morgan fingerprint density at radius 3 is 2.77 bits per heavy atom. The van der Waals surface area contributed by atoms with Gasteiger partial charge in [0.05, 0.1) is 17.9 Å². The van der Waals surface area contributed by atoms with Gasteiger partial charge in [0, 0.05) is 12.4 Å². The number of aromatic nitrogens is 2. The van der Waals surface area contributed by atoms with E-state index in [0.717, 1.165) is 11.8 Å². The van der Waals surface area contributed by atoms with Gasteiger partial charge in [0.1, 0.15) is 0 Å². The zero-order valence-corrected chi connectivity index (χ0v) is 13.3. The van der Waals surface area contributed by atoms with E-state index in [0.29, 0.717) is 22.7 Å². The van der Waals surface area contributed by atoms with Gasteiger partial charge >= 0.3 is 6.18 Å². The highest BCUT2D eigenvalue weighted by Gasteiger charge is 2.33. The van der Waals surface area contributed by atoms with Gasteiger partial charge in [0.25, 0.3) is 0 Å². The largest absolute Gasteiger partial charge is 0.418 e. The van der Waals surface area contributed by atoms with Crippen LogP contribution in [0, 0.1) is 0 Å². The molecule has 0 aliphatic carbocycles. The number of nitrogens with one attached hydrogen (secondary N) is 1. The molecule has 1 aromatic heterocycles. The first-order valence-electron chi connectivity index (χ1n) is 6.48. The smallest absolute Gasteiger partial charge is 0.381 e. The minimum atomic E-state index is -4.41. The molecule has 0 unspecified atom stereocenters. The summed E-state index contributed by atoms with van der Waals surface area (Å²) >= 11 is 2.67. The van der Waals surface area contributed by atoms with Crippen molar-refractivity contribution >= 4 is 33.9 Å². The van der Waals surface area contributed by atoms with Crippen molar-refractivity contribution in [1.82, 2.24) is 10.2 Å². The van der Waals surface area contributed by atoms with Gasteiger partial charge in [-0.1, -0.05) is 35.2 Å². The number of thioether (sulfide) groups is 1. The highest BCUT2D eigenvalue weighted by atomic mass is 32.2. The fraction of sp³-hybridized carbons (Fsp3) is 0.385. The maximum Gasteiger partial charge on any atom is 0.418 e. The molecule has 9 heteroatoms. The zero-order chi connectivity index (χ0) is 16.0. The maximum absolute atomic E-state index is 12.9. The summed E-state index contributed by atoms with van der Waals surface area (Å²) in [5.74, 6) is 0.724. The van der Waals surface area contributed by atoms with Gasteiger partial charge in [0.2, 0.25) is 5.13 Å². The molecule has 1 heterocycles. The van der Waals surface area contributed by atoms with Crippen LogP contribution in [0.3, 0.4) is 0 Å². The van der Waals surface area contributed by atoms with Gasteiger partial charge in [-0.25, -0.2) is 0 Å². The summed E-state index contributed by atoms with van der Waals surface area (Å²) in [5, 5.41) is 10.8. The molecule has 0 fully saturated rings. The molecule has 0 atom stereocenters. The second-order valence-electron chi connectivity index (χ2n) is 4.09. The zero-order valence-electron chi connectivity index (χ0n) is 11.7. The predicted molar refractivity (Wildman–Crippen MR) is 81.9 cm³/mol. The van der Waals surface area contributed by atoms with Crippen LogP contribution in [0.15, 0.2) is 28.6 Å². The highest BCUT2D eigenvalue weighted by Crippen LogP contribution is 2.36. The number of hydrogen-bond acceptors (Lipinski definition) is 6. The Labute approximate surface area is 134 Å². The number of benzene rings is 1. The van der Waals surface area contributed by atoms with E-state index in [4.69, 9.17) is 4.74 Å². The van der Waals surface area contributed by atoms with Crippen LogP contribution in [0.1, 0.15) is 12.5 Å². The molecule has 1 N–H and O–H groups in total. The minimum Gasteiger partial charge on any atom is -0.381 e. The van der Waals surface area contributed by atoms with Crippen LogP contribution in [0.5, 0.6) is 0 Å². The first kappa shape index (κ1) is 17.0. The van der Waals surface area contributed by atoms with Crippen molar-refractivity contribution in [3.05, 3.63) is 29.8 Å². The monoisotopic (exact) mass is 349 g/mol. The standard InChI is InChI=1S/C13H14F3N3OS2/c1-2-20-7-8-21-12-19-18-11(22-12)17-10-6-4-3-5-9(10)13(14,15)16/h3-6H,2,7-8H2,1H3,(H,17,18). The number of para-hydroxylation sites is 1. The topological polar surface area (TPSA) is 47.0 Å². The van der Waals surface area contributed by atoms with E-state index < -0.39 is 11.7 Å². The summed E-state index contributed by atoms with van der Waals surface area (Å²) in [4.78, 5) is 0. The first-order chi connectivity index (χ1) is 10.5. The van der Waals surface area contributed by atoms with Gasteiger partial charge in [-0.05, 0) is 19.1 Å². The first-order valence-corrected chi connectivity index (χ1v) is 8.28. The average Bonchev–Trinajstić information content (AvgIpc) is 2.91. The van der Waals surface area contributed by atoms with E-state index in [1.165, 1.54) is 41.3 Å². The molecule has 120 valence electrons. The number of ether oxygens (including phenoxy) is 1. The summed E-state index contributed by atoms with van der Waals surface area (Å²) in [6, 6.07) is 5.28. The van der Waals surface area contributed by atoms with Gasteiger partial charge in [0.15, 0.2) is 4.34 Å². The lowest BCUT2D eigenvalue weighted by atomic mass is 10.2. The second-order valence-corrected chi connectivity index (χ2v) is 6.41. The van der Waals surface area contributed by atoms with Crippen LogP contribution in [-0.4, -0.2) is 29.2 Å². The lowest BCUT2D eigenvalue weighted by Gasteiger charge is -2.12. The van der Waals surface area contributed by atoms with Crippen molar-refractivity contribution < 1.29 is 17.9 Å². The number of alkyl halides is 3. The molecule has 4 nitrogen and oxygen atoms in total. The average molecular weight is 349 g/mol. The van der Waals surface area contributed by atoms with Crippen molar-refractivity contribution in [2.24, 2.45) is 0 Å². The molecule has 1 aromatic carbocycles. The molecule has 0 saturated carbocycles. The molecule has 0 bridgehead atoms. The molecule has 0 aliphatic heterocycles. The van der Waals surface area contributed by atoms with E-state index >= 15 is 0 Å². The van der Waals surface area contributed by atoms with E-state index in [1.54, 1.807) is 0 Å². The highest BCUT2D eigenvalue weighted by molar-refractivity contribution is 8.01. The minimum absolute atomic E-state index is 0.0305. The number of hydrogen-bond donors (Lipinski definition) is 1. The molecular formula is C13H14F3N3OS2. The van der Waals surface area contributed by atoms with Gasteiger partial charge in [-0.2, -0.15) is 13.2 Å². The lowest BCUT2D eigenvalue weighted by molar-refractivity contribution is -0.136. The van der Waals surface area contributed by atoms with Crippen LogP contribution < -0.4 is 5.32 Å². The summed E-state index contributed by atoms with van der Waals surface area (Å²) in [6.45, 7) is 3.16. The third kappa shape index (κ3) is 4.85. The molecular weight excluding hydrogens is 335 g/mol. The third-order valence-corrected chi connectivity index (χ3v) is 4.47. The third-order valence-electron chi connectivity index (χ3n) is 2.54. The van der Waals surface area contributed by atoms with Crippen LogP contribution in [0.25, 0.3) is 0 Å². The van der Waals surface area contributed by atoms with Crippen LogP contribution in [0.2, 0.25) is 0 Å². The van der Waals surface area contributed by atoms with E-state index in [-0.39, 0.29) is 5.69 Å². The number of rotatable bonds is 7. The van der Waals surface area contributed by atoms with Crippen molar-refractivity contribution in [2.45, 2.75) is 17.4 Å². The van der Waals surface area contributed by atoms with E-state index in [1.807, 2.05) is 6.92 Å². The molecule has 0 amide bonds. The molecule has 2 aromatic rings. The Hall–Kier alpha value is -1.32. The van der Waals surface area contributed by atoms with Crippen molar-refractivity contribution in [1.29, 1.82) is 0 Å². The van der Waals surface area contributed by atoms with Crippen molar-refractivity contribution in [3.63, 3.8) is 0 Å². The maximum atomic E-state index is 12.9. The van der Waals surface area contributed by atoms with Gasteiger partial charge in [-0.15, -0.1) is 10.2 Å². The quantitative estimate of drug-likeness (QED) is 0.592. The summed E-state index contributed by atoms with van der Waals surface area (Å²) in [5.41, 5.74) is -0.757. The lowest BCUT2D eigenvalue weighted by Crippen LogP contribution is -2.08. The Bertz CT molecular complexity index is 604.